The molecule has 1 fully saturated rings. The molecule has 1 aliphatic rings. The van der Waals surface area contributed by atoms with E-state index in [4.69, 9.17) is 4.89 Å². The van der Waals surface area contributed by atoms with Crippen molar-refractivity contribution in [1.29, 1.82) is 0 Å². The standard InChI is InChI=1S/C6H15N2O3P.C4H10/c9-12(10)11-6-5-8-3-1-7-2-4-8;1-3-4-2/h7,12H,1-6H2,(H,9,10);3-4H2,1-2H3. The van der Waals surface area contributed by atoms with Crippen molar-refractivity contribution >= 4 is 8.25 Å². The van der Waals surface area contributed by atoms with Gasteiger partial charge in [-0.25, -0.2) is 0 Å². The summed E-state index contributed by atoms with van der Waals surface area (Å²) in [6.45, 7) is 9.45. The molecular weight excluding hydrogens is 227 g/mol. The van der Waals surface area contributed by atoms with Crippen molar-refractivity contribution in [3.05, 3.63) is 0 Å². The molecule has 0 amide bonds. The minimum absolute atomic E-state index is 0.355. The third-order valence-corrected chi connectivity index (χ3v) is 2.79. The molecule has 6 heteroatoms. The maximum Gasteiger partial charge on any atom is 0.316 e. The Balaban J connectivity index is 0.000000487. The van der Waals surface area contributed by atoms with Gasteiger partial charge in [0.15, 0.2) is 0 Å². The van der Waals surface area contributed by atoms with Crippen LogP contribution in [-0.4, -0.2) is 49.1 Å². The molecule has 0 bridgehead atoms. The Hall–Kier alpha value is 0.0700. The first-order valence-electron chi connectivity index (χ1n) is 5.99. The quantitative estimate of drug-likeness (QED) is 0.717. The van der Waals surface area contributed by atoms with Crippen molar-refractivity contribution in [2.24, 2.45) is 0 Å². The van der Waals surface area contributed by atoms with E-state index in [-0.39, 0.29) is 0 Å². The molecule has 0 aromatic heterocycles. The van der Waals surface area contributed by atoms with Crippen LogP contribution in [-0.2, 0) is 9.09 Å². The van der Waals surface area contributed by atoms with E-state index in [1.54, 1.807) is 0 Å². The highest BCUT2D eigenvalue weighted by Crippen LogP contribution is 2.13. The molecule has 5 nitrogen and oxygen atoms in total. The van der Waals surface area contributed by atoms with Gasteiger partial charge in [-0.1, -0.05) is 26.7 Å². The maximum absolute atomic E-state index is 10.2. The number of hydrogen-bond donors (Lipinski definition) is 2. The highest BCUT2D eigenvalue weighted by atomic mass is 31.1. The first-order valence-corrected chi connectivity index (χ1v) is 7.25. The maximum atomic E-state index is 10.2. The number of nitrogens with one attached hydrogen (secondary N) is 1. The van der Waals surface area contributed by atoms with Crippen LogP contribution < -0.4 is 5.32 Å². The van der Waals surface area contributed by atoms with Gasteiger partial charge in [0.25, 0.3) is 0 Å². The van der Waals surface area contributed by atoms with Crippen molar-refractivity contribution in [2.75, 3.05) is 39.3 Å². The van der Waals surface area contributed by atoms with Gasteiger partial charge in [-0.2, -0.15) is 0 Å². The van der Waals surface area contributed by atoms with Gasteiger partial charge in [0.05, 0.1) is 6.61 Å². The average molecular weight is 252 g/mol. The zero-order valence-electron chi connectivity index (χ0n) is 10.4. The van der Waals surface area contributed by atoms with Crippen molar-refractivity contribution in [1.82, 2.24) is 10.2 Å². The first-order chi connectivity index (χ1) is 7.70. The summed E-state index contributed by atoms with van der Waals surface area (Å²) in [4.78, 5) is 10.6. The summed E-state index contributed by atoms with van der Waals surface area (Å²) in [5.41, 5.74) is 0. The van der Waals surface area contributed by atoms with E-state index in [9.17, 15) is 4.57 Å². The third-order valence-electron chi connectivity index (χ3n) is 2.34. The Morgan fingerprint density at radius 3 is 2.31 bits per heavy atom. The molecule has 1 heterocycles. The van der Waals surface area contributed by atoms with Crippen LogP contribution >= 0.6 is 8.25 Å². The second kappa shape index (κ2) is 11.6. The summed E-state index contributed by atoms with van der Waals surface area (Å²) in [6.07, 6.45) is 2.64. The molecule has 0 aromatic rings. The normalized spacial score (nSPS) is 18.7. The van der Waals surface area contributed by atoms with Crippen LogP contribution in [0.3, 0.4) is 0 Å². The van der Waals surface area contributed by atoms with Gasteiger partial charge in [0.1, 0.15) is 0 Å². The zero-order chi connectivity index (χ0) is 12.2. The molecule has 0 aliphatic carbocycles. The van der Waals surface area contributed by atoms with E-state index < -0.39 is 8.25 Å². The Morgan fingerprint density at radius 1 is 1.31 bits per heavy atom. The van der Waals surface area contributed by atoms with Crippen molar-refractivity contribution in [2.45, 2.75) is 26.7 Å². The Morgan fingerprint density at radius 2 is 1.88 bits per heavy atom. The van der Waals surface area contributed by atoms with Crippen LogP contribution in [0.25, 0.3) is 0 Å². The van der Waals surface area contributed by atoms with Crippen LogP contribution in [0, 0.1) is 0 Å². The van der Waals surface area contributed by atoms with Crippen molar-refractivity contribution < 1.29 is 14.0 Å². The fraction of sp³-hybridized carbons (Fsp3) is 1.00. The predicted molar refractivity (Wildman–Crippen MR) is 67.1 cm³/mol. The molecule has 16 heavy (non-hydrogen) atoms. The van der Waals surface area contributed by atoms with Crippen LogP contribution in [0.4, 0.5) is 0 Å². The van der Waals surface area contributed by atoms with Gasteiger partial charge in [-0.05, 0) is 0 Å². The van der Waals surface area contributed by atoms with Crippen LogP contribution in [0.1, 0.15) is 26.7 Å². The summed E-state index contributed by atoms with van der Waals surface area (Å²) < 4.78 is 14.8. The Labute approximate surface area is 99.1 Å². The van der Waals surface area contributed by atoms with E-state index in [2.05, 4.69) is 28.6 Å². The molecule has 0 aromatic carbocycles. The lowest BCUT2D eigenvalue weighted by Gasteiger charge is -2.26. The molecule has 1 aliphatic heterocycles. The molecule has 1 saturated heterocycles. The minimum Gasteiger partial charge on any atom is -0.326 e. The molecule has 1 atom stereocenters. The molecule has 98 valence electrons. The van der Waals surface area contributed by atoms with Gasteiger partial charge < -0.3 is 14.7 Å². The fourth-order valence-electron chi connectivity index (χ4n) is 1.20. The number of rotatable bonds is 5. The van der Waals surface area contributed by atoms with Crippen LogP contribution in [0.2, 0.25) is 0 Å². The van der Waals surface area contributed by atoms with E-state index in [1.807, 2.05) is 0 Å². The second-order valence-electron chi connectivity index (χ2n) is 3.71. The summed E-state index contributed by atoms with van der Waals surface area (Å²) in [7, 11) is -2.73. The average Bonchev–Trinajstić information content (AvgIpc) is 2.30. The molecule has 2 N–H and O–H groups in total. The van der Waals surface area contributed by atoms with Gasteiger partial charge in [-0.3, -0.25) is 9.46 Å². The molecule has 0 radical (unpaired) electrons. The summed E-state index contributed by atoms with van der Waals surface area (Å²) in [5.74, 6) is 0. The van der Waals surface area contributed by atoms with E-state index in [0.717, 1.165) is 32.7 Å². The highest BCUT2D eigenvalue weighted by Gasteiger charge is 2.08. The number of unbranched alkanes of at least 4 members (excludes halogenated alkanes) is 1. The minimum atomic E-state index is -2.73. The number of piperazine rings is 1. The SMILES string of the molecule is CCCC.O=[PH](O)OCCN1CCNCC1. The predicted octanol–water partition coefficient (Wildman–Crippen LogP) is 1.10. The lowest BCUT2D eigenvalue weighted by Crippen LogP contribution is -2.44. The molecule has 1 rings (SSSR count). The van der Waals surface area contributed by atoms with Gasteiger partial charge in [0.2, 0.25) is 0 Å². The first kappa shape index (κ1) is 16.1. The van der Waals surface area contributed by atoms with Crippen molar-refractivity contribution in [3.63, 3.8) is 0 Å². The van der Waals surface area contributed by atoms with Gasteiger partial charge in [0, 0.05) is 32.7 Å². The van der Waals surface area contributed by atoms with Crippen LogP contribution in [0.15, 0.2) is 0 Å². The molecule has 0 spiro atoms. The van der Waals surface area contributed by atoms with E-state index in [1.165, 1.54) is 12.8 Å². The topological polar surface area (TPSA) is 61.8 Å². The number of hydrogen-bond acceptors (Lipinski definition) is 4. The summed E-state index contributed by atoms with van der Waals surface area (Å²) in [5, 5.41) is 3.23. The lowest BCUT2D eigenvalue weighted by atomic mass is 10.4. The molecular formula is C10H25N2O3P. The highest BCUT2D eigenvalue weighted by molar-refractivity contribution is 7.32. The van der Waals surface area contributed by atoms with E-state index in [0.29, 0.717) is 6.61 Å². The summed E-state index contributed by atoms with van der Waals surface area (Å²) in [6, 6.07) is 0. The lowest BCUT2D eigenvalue weighted by molar-refractivity contribution is 0.186. The smallest absolute Gasteiger partial charge is 0.316 e. The largest absolute Gasteiger partial charge is 0.326 e. The number of nitrogens with zero attached hydrogens (tertiary/aromatic N) is 1. The Bertz CT molecular complexity index is 173. The summed E-state index contributed by atoms with van der Waals surface area (Å²) >= 11 is 0. The third kappa shape index (κ3) is 10.6. The second-order valence-corrected chi connectivity index (χ2v) is 4.53. The molecule has 0 saturated carbocycles. The van der Waals surface area contributed by atoms with Gasteiger partial charge in [-0.15, -0.1) is 0 Å². The van der Waals surface area contributed by atoms with Crippen LogP contribution in [0.5, 0.6) is 0 Å². The van der Waals surface area contributed by atoms with Crippen molar-refractivity contribution in [3.8, 4) is 0 Å². The Kier molecular flexibility index (Phi) is 11.6. The monoisotopic (exact) mass is 252 g/mol. The van der Waals surface area contributed by atoms with Gasteiger partial charge >= 0.3 is 8.25 Å². The zero-order valence-corrected chi connectivity index (χ0v) is 11.4. The fourth-order valence-corrected chi connectivity index (χ4v) is 1.46. The molecule has 1 unspecified atom stereocenters. The van der Waals surface area contributed by atoms with E-state index >= 15 is 0 Å².